The molecule has 106 valence electrons. The minimum atomic E-state index is -3.19. The highest BCUT2D eigenvalue weighted by molar-refractivity contribution is 7.90. The average Bonchev–Trinajstić information content (AvgIpc) is 2.39. The van der Waals surface area contributed by atoms with Crippen LogP contribution in [0.2, 0.25) is 5.02 Å². The van der Waals surface area contributed by atoms with Crippen LogP contribution in [0.25, 0.3) is 0 Å². The van der Waals surface area contributed by atoms with Crippen molar-refractivity contribution >= 4 is 27.1 Å². The van der Waals surface area contributed by atoms with E-state index in [1.54, 1.807) is 30.3 Å². The number of rotatable bonds is 4. The van der Waals surface area contributed by atoms with Gasteiger partial charge in [0.1, 0.15) is 12.4 Å². The summed E-state index contributed by atoms with van der Waals surface area (Å²) in [5.41, 5.74) is 7.07. The Morgan fingerprint density at radius 2 is 1.80 bits per heavy atom. The summed E-state index contributed by atoms with van der Waals surface area (Å²) in [6, 6.07) is 11.4. The van der Waals surface area contributed by atoms with Gasteiger partial charge < -0.3 is 10.5 Å². The minimum absolute atomic E-state index is 0.256. The van der Waals surface area contributed by atoms with Crippen LogP contribution in [0.3, 0.4) is 0 Å². The molecule has 0 aliphatic rings. The average molecular weight is 312 g/mol. The predicted molar refractivity (Wildman–Crippen MR) is 79.7 cm³/mol. The van der Waals surface area contributed by atoms with Gasteiger partial charge in [-0.2, -0.15) is 0 Å². The quantitative estimate of drug-likeness (QED) is 0.881. The predicted octanol–water partition coefficient (Wildman–Crippen LogP) is 2.90. The summed E-state index contributed by atoms with van der Waals surface area (Å²) in [6.07, 6.45) is 1.16. The molecule has 6 heteroatoms. The molecule has 0 aromatic heterocycles. The SMILES string of the molecule is CS(=O)(=O)c1ccc(OCc2cc(N)ccc2Cl)cc1. The summed E-state index contributed by atoms with van der Waals surface area (Å²) in [5, 5.41) is 0.576. The zero-order valence-corrected chi connectivity index (χ0v) is 12.4. The first-order valence-electron chi connectivity index (χ1n) is 5.83. The standard InChI is InChI=1S/C14H14ClNO3S/c1-20(17,18)13-5-3-12(4-6-13)19-9-10-8-11(16)2-7-14(10)15/h2-8H,9,16H2,1H3. The zero-order valence-electron chi connectivity index (χ0n) is 10.8. The number of nitrogens with two attached hydrogens (primary N) is 1. The molecule has 0 radical (unpaired) electrons. The maximum atomic E-state index is 11.3. The van der Waals surface area contributed by atoms with E-state index < -0.39 is 9.84 Å². The Bertz CT molecular complexity index is 712. The summed E-state index contributed by atoms with van der Waals surface area (Å²) in [7, 11) is -3.19. The summed E-state index contributed by atoms with van der Waals surface area (Å²) in [6.45, 7) is 0.266. The van der Waals surface area contributed by atoms with E-state index in [-0.39, 0.29) is 11.5 Å². The van der Waals surface area contributed by atoms with Crippen LogP contribution in [-0.4, -0.2) is 14.7 Å². The van der Waals surface area contributed by atoms with Gasteiger partial charge in [-0.3, -0.25) is 0 Å². The van der Waals surface area contributed by atoms with Gasteiger partial charge >= 0.3 is 0 Å². The van der Waals surface area contributed by atoms with Gasteiger partial charge in [-0.15, -0.1) is 0 Å². The lowest BCUT2D eigenvalue weighted by molar-refractivity contribution is 0.306. The number of benzene rings is 2. The highest BCUT2D eigenvalue weighted by atomic mass is 35.5. The normalized spacial score (nSPS) is 11.3. The van der Waals surface area contributed by atoms with Crippen LogP contribution < -0.4 is 10.5 Å². The smallest absolute Gasteiger partial charge is 0.175 e. The Morgan fingerprint density at radius 1 is 1.15 bits per heavy atom. The minimum Gasteiger partial charge on any atom is -0.489 e. The largest absolute Gasteiger partial charge is 0.489 e. The molecule has 0 fully saturated rings. The Morgan fingerprint density at radius 3 is 2.40 bits per heavy atom. The van der Waals surface area contributed by atoms with Crippen molar-refractivity contribution in [3.8, 4) is 5.75 Å². The van der Waals surface area contributed by atoms with E-state index in [1.165, 1.54) is 12.1 Å². The Kier molecular flexibility index (Phi) is 4.20. The first-order valence-corrected chi connectivity index (χ1v) is 8.10. The molecule has 0 saturated carbocycles. The second kappa shape index (κ2) is 5.73. The first kappa shape index (κ1) is 14.7. The second-order valence-corrected chi connectivity index (χ2v) is 6.81. The fraction of sp³-hybridized carbons (Fsp3) is 0.143. The van der Waals surface area contributed by atoms with Crippen molar-refractivity contribution in [2.45, 2.75) is 11.5 Å². The Labute approximate surface area is 123 Å². The number of halogens is 1. The van der Waals surface area contributed by atoms with Gasteiger partial charge in [-0.1, -0.05) is 11.6 Å². The molecule has 0 aliphatic heterocycles. The number of ether oxygens (including phenoxy) is 1. The van der Waals surface area contributed by atoms with Gasteiger partial charge in [-0.25, -0.2) is 8.42 Å². The summed E-state index contributed by atoms with van der Waals surface area (Å²) in [4.78, 5) is 0.256. The van der Waals surface area contributed by atoms with E-state index in [4.69, 9.17) is 22.1 Å². The molecule has 2 aromatic rings. The van der Waals surface area contributed by atoms with E-state index in [2.05, 4.69) is 0 Å². The van der Waals surface area contributed by atoms with Crippen LogP contribution in [0.4, 0.5) is 5.69 Å². The van der Waals surface area contributed by atoms with Crippen LogP contribution in [0.1, 0.15) is 5.56 Å². The maximum Gasteiger partial charge on any atom is 0.175 e. The molecule has 0 aliphatic carbocycles. The molecular formula is C14H14ClNO3S. The van der Waals surface area contributed by atoms with Gasteiger partial charge in [0, 0.05) is 22.5 Å². The Hall–Kier alpha value is -1.72. The van der Waals surface area contributed by atoms with Gasteiger partial charge in [0.25, 0.3) is 0 Å². The lowest BCUT2D eigenvalue weighted by atomic mass is 10.2. The first-order chi connectivity index (χ1) is 9.36. The second-order valence-electron chi connectivity index (χ2n) is 4.38. The van der Waals surface area contributed by atoms with Gasteiger partial charge in [0.2, 0.25) is 0 Å². The molecule has 4 nitrogen and oxygen atoms in total. The zero-order chi connectivity index (χ0) is 14.8. The van der Waals surface area contributed by atoms with E-state index in [9.17, 15) is 8.42 Å². The van der Waals surface area contributed by atoms with Gasteiger partial charge in [0.15, 0.2) is 9.84 Å². The monoisotopic (exact) mass is 311 g/mol. The molecule has 2 N–H and O–H groups in total. The number of hydrogen-bond donors (Lipinski definition) is 1. The van der Waals surface area contributed by atoms with Crippen LogP contribution in [0, 0.1) is 0 Å². The molecule has 2 rings (SSSR count). The summed E-state index contributed by atoms with van der Waals surface area (Å²) < 4.78 is 28.2. The van der Waals surface area contributed by atoms with Crippen molar-refractivity contribution in [3.63, 3.8) is 0 Å². The van der Waals surface area contributed by atoms with Crippen LogP contribution in [0.15, 0.2) is 47.4 Å². The third kappa shape index (κ3) is 3.65. The fourth-order valence-electron chi connectivity index (χ4n) is 1.65. The van der Waals surface area contributed by atoms with Crippen molar-refractivity contribution in [2.24, 2.45) is 0 Å². The number of hydrogen-bond acceptors (Lipinski definition) is 4. The topological polar surface area (TPSA) is 69.4 Å². The van der Waals surface area contributed by atoms with Crippen LogP contribution in [-0.2, 0) is 16.4 Å². The third-order valence-corrected chi connectivity index (χ3v) is 4.21. The number of sulfone groups is 1. The molecule has 2 aromatic carbocycles. The van der Waals surface area contributed by atoms with E-state index in [0.29, 0.717) is 16.5 Å². The lowest BCUT2D eigenvalue weighted by Gasteiger charge is -2.09. The van der Waals surface area contributed by atoms with E-state index >= 15 is 0 Å². The van der Waals surface area contributed by atoms with Crippen LogP contribution >= 0.6 is 11.6 Å². The molecule has 0 amide bonds. The van der Waals surface area contributed by atoms with Crippen molar-refractivity contribution < 1.29 is 13.2 Å². The third-order valence-electron chi connectivity index (χ3n) is 2.72. The molecule has 0 atom stereocenters. The van der Waals surface area contributed by atoms with Gasteiger partial charge in [-0.05, 0) is 42.5 Å². The molecular weight excluding hydrogens is 298 g/mol. The lowest BCUT2D eigenvalue weighted by Crippen LogP contribution is -1.99. The van der Waals surface area contributed by atoms with E-state index in [0.717, 1.165) is 11.8 Å². The van der Waals surface area contributed by atoms with E-state index in [1.807, 2.05) is 0 Å². The number of anilines is 1. The highest BCUT2D eigenvalue weighted by Crippen LogP contribution is 2.22. The molecule has 0 unspecified atom stereocenters. The fourth-order valence-corrected chi connectivity index (χ4v) is 2.45. The maximum absolute atomic E-state index is 11.3. The highest BCUT2D eigenvalue weighted by Gasteiger charge is 2.07. The van der Waals surface area contributed by atoms with Crippen molar-refractivity contribution in [2.75, 3.05) is 12.0 Å². The van der Waals surface area contributed by atoms with Gasteiger partial charge in [0.05, 0.1) is 4.90 Å². The molecule has 0 saturated heterocycles. The molecule has 0 bridgehead atoms. The van der Waals surface area contributed by atoms with Crippen molar-refractivity contribution in [1.29, 1.82) is 0 Å². The number of nitrogen functional groups attached to an aromatic ring is 1. The summed E-state index contributed by atoms with van der Waals surface area (Å²) >= 11 is 6.03. The van der Waals surface area contributed by atoms with Crippen molar-refractivity contribution in [3.05, 3.63) is 53.1 Å². The van der Waals surface area contributed by atoms with Crippen LogP contribution in [0.5, 0.6) is 5.75 Å². The van der Waals surface area contributed by atoms with Crippen molar-refractivity contribution in [1.82, 2.24) is 0 Å². The molecule has 20 heavy (non-hydrogen) atoms. The molecule has 0 spiro atoms. The molecule has 0 heterocycles. The Balaban J connectivity index is 2.10. The summed E-state index contributed by atoms with van der Waals surface area (Å²) in [5.74, 6) is 0.566.